The lowest BCUT2D eigenvalue weighted by atomic mass is 9.73. The number of rotatable bonds is 3. The molecule has 0 radical (unpaired) electrons. The van der Waals surface area contributed by atoms with E-state index in [2.05, 4.69) is 29.6 Å². The van der Waals surface area contributed by atoms with Crippen LogP contribution in [-0.4, -0.2) is 21.5 Å². The number of ketones is 1. The van der Waals surface area contributed by atoms with E-state index in [0.29, 0.717) is 40.5 Å². The third kappa shape index (κ3) is 3.95. The maximum atomic E-state index is 13.3. The first-order chi connectivity index (χ1) is 15.7. The molecule has 5 rings (SSSR count). The molecule has 2 aromatic carbocycles. The van der Waals surface area contributed by atoms with E-state index >= 15 is 0 Å². The van der Waals surface area contributed by atoms with Gasteiger partial charge in [0.05, 0.1) is 17.9 Å². The van der Waals surface area contributed by atoms with Crippen molar-refractivity contribution in [1.29, 1.82) is 0 Å². The second-order valence-electron chi connectivity index (χ2n) is 9.57. The number of benzene rings is 2. The number of Topliss-reactive ketones (excluding diaryl/α,β-unsaturated/α-hetero) is 1. The Morgan fingerprint density at radius 1 is 1.12 bits per heavy atom. The minimum absolute atomic E-state index is 0.0977. The van der Waals surface area contributed by atoms with E-state index < -0.39 is 0 Å². The molecule has 1 amide bonds. The van der Waals surface area contributed by atoms with Gasteiger partial charge in [-0.1, -0.05) is 55.3 Å². The smallest absolute Gasteiger partial charge is 0.261 e. The van der Waals surface area contributed by atoms with Gasteiger partial charge in [-0.15, -0.1) is 0 Å². The Kier molecular flexibility index (Phi) is 5.13. The quantitative estimate of drug-likeness (QED) is 0.513. The molecule has 6 nitrogen and oxygen atoms in total. The maximum absolute atomic E-state index is 13.3. The van der Waals surface area contributed by atoms with Gasteiger partial charge in [0.15, 0.2) is 5.78 Å². The van der Waals surface area contributed by atoms with Crippen LogP contribution >= 0.6 is 11.6 Å². The first kappa shape index (κ1) is 21.5. The number of nitrogens with one attached hydrogen (secondary N) is 2. The SMILES string of the molecule is Cc1ccc(NC(=O)c2cnn3c2N[C@H](c2ccc(Cl)cc2)C2=C3CC(C)(C)CC2=O)cc1. The van der Waals surface area contributed by atoms with Gasteiger partial charge >= 0.3 is 0 Å². The van der Waals surface area contributed by atoms with E-state index in [1.807, 2.05) is 55.5 Å². The number of halogens is 1. The van der Waals surface area contributed by atoms with Crippen molar-refractivity contribution >= 4 is 40.5 Å². The zero-order chi connectivity index (χ0) is 23.3. The molecule has 7 heteroatoms. The van der Waals surface area contributed by atoms with E-state index in [0.717, 1.165) is 16.8 Å². The molecule has 1 atom stereocenters. The molecule has 2 aliphatic rings. The average Bonchev–Trinajstić information content (AvgIpc) is 3.19. The van der Waals surface area contributed by atoms with Crippen LogP contribution in [0.25, 0.3) is 5.70 Å². The molecule has 168 valence electrons. The highest BCUT2D eigenvalue weighted by atomic mass is 35.5. The summed E-state index contributed by atoms with van der Waals surface area (Å²) >= 11 is 6.10. The predicted octanol–water partition coefficient (Wildman–Crippen LogP) is 5.86. The molecule has 0 unspecified atom stereocenters. The summed E-state index contributed by atoms with van der Waals surface area (Å²) in [6, 6.07) is 14.7. The van der Waals surface area contributed by atoms with E-state index in [-0.39, 0.29) is 23.1 Å². The number of hydrogen-bond donors (Lipinski definition) is 2. The maximum Gasteiger partial charge on any atom is 0.261 e. The van der Waals surface area contributed by atoms with Crippen LogP contribution in [-0.2, 0) is 4.79 Å². The molecule has 0 fully saturated rings. The fourth-order valence-electron chi connectivity index (χ4n) is 4.63. The van der Waals surface area contributed by atoms with Gasteiger partial charge in [-0.05, 0) is 48.6 Å². The van der Waals surface area contributed by atoms with Gasteiger partial charge in [0.1, 0.15) is 11.4 Å². The highest BCUT2D eigenvalue weighted by Gasteiger charge is 2.42. The number of carbonyl (C=O) groups excluding carboxylic acids is 2. The second-order valence-corrected chi connectivity index (χ2v) is 10.0. The van der Waals surface area contributed by atoms with Crippen molar-refractivity contribution in [2.45, 2.75) is 39.7 Å². The van der Waals surface area contributed by atoms with E-state index in [4.69, 9.17) is 11.6 Å². The Morgan fingerprint density at radius 2 is 1.82 bits per heavy atom. The third-order valence-corrected chi connectivity index (χ3v) is 6.50. The molecule has 1 aliphatic heterocycles. The monoisotopic (exact) mass is 460 g/mol. The molecule has 0 saturated heterocycles. The molecule has 0 spiro atoms. The van der Waals surface area contributed by atoms with Gasteiger partial charge in [-0.3, -0.25) is 9.59 Å². The van der Waals surface area contributed by atoms with E-state index in [1.54, 1.807) is 10.9 Å². The number of allylic oxidation sites excluding steroid dienone is 1. The normalized spacial score (nSPS) is 18.9. The number of nitrogens with zero attached hydrogens (tertiary/aromatic N) is 2. The van der Waals surface area contributed by atoms with Crippen molar-refractivity contribution in [1.82, 2.24) is 9.78 Å². The van der Waals surface area contributed by atoms with Crippen molar-refractivity contribution < 1.29 is 9.59 Å². The number of carbonyl (C=O) groups is 2. The fraction of sp³-hybridized carbons (Fsp3) is 0.269. The zero-order valence-electron chi connectivity index (χ0n) is 18.8. The molecular formula is C26H25ClN4O2. The lowest BCUT2D eigenvalue weighted by Crippen LogP contribution is -2.36. The first-order valence-electron chi connectivity index (χ1n) is 11.0. The number of fused-ring (bicyclic) bond motifs is 2. The van der Waals surface area contributed by atoms with Crippen LogP contribution < -0.4 is 10.6 Å². The highest BCUT2D eigenvalue weighted by Crippen LogP contribution is 2.47. The molecule has 2 N–H and O–H groups in total. The summed E-state index contributed by atoms with van der Waals surface area (Å²) in [6.07, 6.45) is 2.72. The van der Waals surface area contributed by atoms with Crippen molar-refractivity contribution in [3.63, 3.8) is 0 Å². The van der Waals surface area contributed by atoms with Gasteiger partial charge in [-0.25, -0.2) is 4.68 Å². The van der Waals surface area contributed by atoms with E-state index in [9.17, 15) is 9.59 Å². The van der Waals surface area contributed by atoms with Gasteiger partial charge in [0.25, 0.3) is 5.91 Å². The largest absolute Gasteiger partial charge is 0.358 e. The summed E-state index contributed by atoms with van der Waals surface area (Å²) in [5.74, 6) is 0.428. The summed E-state index contributed by atoms with van der Waals surface area (Å²) in [5.41, 5.74) is 4.54. The van der Waals surface area contributed by atoms with Crippen molar-refractivity contribution in [2.75, 3.05) is 10.6 Å². The van der Waals surface area contributed by atoms with Gasteiger partial charge in [0.2, 0.25) is 0 Å². The number of aromatic nitrogens is 2. The molecular weight excluding hydrogens is 436 g/mol. The molecule has 3 aromatic rings. The van der Waals surface area contributed by atoms with Gasteiger partial charge in [0, 0.05) is 22.7 Å². The zero-order valence-corrected chi connectivity index (χ0v) is 19.5. The second kappa shape index (κ2) is 7.89. The Bertz CT molecular complexity index is 1290. The Hall–Kier alpha value is -3.38. The van der Waals surface area contributed by atoms with Crippen molar-refractivity contribution in [2.24, 2.45) is 5.41 Å². The number of hydrogen-bond acceptors (Lipinski definition) is 4. The minimum Gasteiger partial charge on any atom is -0.358 e. The number of aryl methyl sites for hydroxylation is 1. The molecule has 0 bridgehead atoms. The standard InChI is InChI=1S/C26H25ClN4O2/c1-15-4-10-18(11-5-15)29-25(33)19-14-28-31-20-12-26(2,3)13-21(32)22(20)23(30-24(19)31)16-6-8-17(27)9-7-16/h4-11,14,23,30H,12-13H2,1-3H3,(H,29,33)/t23-/m1/s1. The van der Waals surface area contributed by atoms with Crippen LogP contribution in [0.3, 0.4) is 0 Å². The van der Waals surface area contributed by atoms with E-state index in [1.165, 1.54) is 0 Å². The first-order valence-corrected chi connectivity index (χ1v) is 11.3. The molecule has 2 heterocycles. The predicted molar refractivity (Wildman–Crippen MR) is 130 cm³/mol. The Balaban J connectivity index is 1.58. The average molecular weight is 461 g/mol. The van der Waals surface area contributed by atoms with Crippen LogP contribution in [0.1, 0.15) is 54.2 Å². The van der Waals surface area contributed by atoms with Crippen LogP contribution in [0.5, 0.6) is 0 Å². The number of amides is 1. The van der Waals surface area contributed by atoms with Crippen LogP contribution in [0.4, 0.5) is 11.5 Å². The highest BCUT2D eigenvalue weighted by molar-refractivity contribution is 6.30. The van der Waals surface area contributed by atoms with Crippen molar-refractivity contribution in [3.05, 3.63) is 82.0 Å². The Labute approximate surface area is 197 Å². The summed E-state index contributed by atoms with van der Waals surface area (Å²) in [5, 5.41) is 11.5. The van der Waals surface area contributed by atoms with Gasteiger partial charge < -0.3 is 10.6 Å². The Morgan fingerprint density at radius 3 is 2.52 bits per heavy atom. The summed E-state index contributed by atoms with van der Waals surface area (Å²) < 4.78 is 1.73. The van der Waals surface area contributed by atoms with Crippen LogP contribution in [0, 0.1) is 12.3 Å². The van der Waals surface area contributed by atoms with Crippen LogP contribution in [0.2, 0.25) is 5.02 Å². The van der Waals surface area contributed by atoms with Crippen molar-refractivity contribution in [3.8, 4) is 0 Å². The molecule has 33 heavy (non-hydrogen) atoms. The van der Waals surface area contributed by atoms with Crippen LogP contribution in [0.15, 0.2) is 60.3 Å². The summed E-state index contributed by atoms with van der Waals surface area (Å²) in [6.45, 7) is 6.17. The summed E-state index contributed by atoms with van der Waals surface area (Å²) in [4.78, 5) is 26.4. The topological polar surface area (TPSA) is 76.0 Å². The molecule has 0 saturated carbocycles. The molecule has 1 aromatic heterocycles. The number of anilines is 2. The third-order valence-electron chi connectivity index (χ3n) is 6.25. The summed E-state index contributed by atoms with van der Waals surface area (Å²) in [7, 11) is 0. The van der Waals surface area contributed by atoms with Gasteiger partial charge in [-0.2, -0.15) is 5.10 Å². The molecule has 1 aliphatic carbocycles. The minimum atomic E-state index is -0.379. The fourth-order valence-corrected chi connectivity index (χ4v) is 4.75. The lowest BCUT2D eigenvalue weighted by molar-refractivity contribution is -0.118. The lowest BCUT2D eigenvalue weighted by Gasteiger charge is -2.39.